The number of amides is 2. The molecule has 0 saturated carbocycles. The van der Waals surface area contributed by atoms with Crippen molar-refractivity contribution in [1.82, 2.24) is 14.7 Å². The van der Waals surface area contributed by atoms with Crippen LogP contribution in [0.2, 0.25) is 5.02 Å². The minimum Gasteiger partial charge on any atom is -0.325 e. The summed E-state index contributed by atoms with van der Waals surface area (Å²) in [6, 6.07) is 6.26. The number of nitrogens with one attached hydrogen (secondary N) is 1. The number of nitrogens with zero attached hydrogens (tertiary/aromatic N) is 3. The third kappa shape index (κ3) is 4.70. The van der Waals surface area contributed by atoms with Gasteiger partial charge in [-0.1, -0.05) is 17.7 Å². The molecule has 2 saturated heterocycles. The largest absolute Gasteiger partial charge is 0.325 e. The van der Waals surface area contributed by atoms with Gasteiger partial charge >= 0.3 is 6.03 Å². The van der Waals surface area contributed by atoms with Gasteiger partial charge in [0.25, 0.3) is 0 Å². The summed E-state index contributed by atoms with van der Waals surface area (Å²) in [5, 5.41) is 3.56. The monoisotopic (exact) mass is 378 g/mol. The van der Waals surface area contributed by atoms with Crippen molar-refractivity contribution in [1.29, 1.82) is 0 Å². The van der Waals surface area contributed by atoms with E-state index in [-0.39, 0.29) is 6.03 Å². The molecule has 2 fully saturated rings. The van der Waals surface area contributed by atoms with Crippen LogP contribution in [0.5, 0.6) is 0 Å². The van der Waals surface area contributed by atoms with E-state index in [4.69, 9.17) is 11.6 Å². The zero-order valence-corrected chi connectivity index (χ0v) is 16.9. The summed E-state index contributed by atoms with van der Waals surface area (Å²) in [6.07, 6.45) is 2.14. The van der Waals surface area contributed by atoms with Crippen LogP contribution in [0.3, 0.4) is 0 Å². The lowest BCUT2D eigenvalue weighted by Gasteiger charge is -2.42. The first-order valence-electron chi connectivity index (χ1n) is 9.68. The minimum atomic E-state index is -0.0387. The predicted molar refractivity (Wildman–Crippen MR) is 108 cm³/mol. The molecule has 26 heavy (non-hydrogen) atoms. The second-order valence-corrected chi connectivity index (χ2v) is 8.22. The van der Waals surface area contributed by atoms with Gasteiger partial charge in [0.05, 0.1) is 10.7 Å². The maximum absolute atomic E-state index is 12.6. The molecule has 0 radical (unpaired) electrons. The Morgan fingerprint density at radius 1 is 1.15 bits per heavy atom. The van der Waals surface area contributed by atoms with Crippen LogP contribution >= 0.6 is 11.6 Å². The van der Waals surface area contributed by atoms with Crippen LogP contribution in [-0.2, 0) is 0 Å². The highest BCUT2D eigenvalue weighted by Crippen LogP contribution is 2.27. The molecule has 2 amide bonds. The number of hydrogen-bond acceptors (Lipinski definition) is 3. The van der Waals surface area contributed by atoms with E-state index in [2.05, 4.69) is 29.1 Å². The predicted octanol–water partition coefficient (Wildman–Crippen LogP) is 3.53. The van der Waals surface area contributed by atoms with E-state index < -0.39 is 0 Å². The Morgan fingerprint density at radius 3 is 2.46 bits per heavy atom. The number of rotatable bonds is 3. The van der Waals surface area contributed by atoms with Gasteiger partial charge in [0.15, 0.2) is 0 Å². The normalized spacial score (nSPS) is 21.6. The molecule has 5 nitrogen and oxygen atoms in total. The van der Waals surface area contributed by atoms with Crippen molar-refractivity contribution in [2.75, 3.05) is 51.6 Å². The number of hydrogen-bond donors (Lipinski definition) is 1. The fourth-order valence-corrected chi connectivity index (χ4v) is 4.21. The highest BCUT2D eigenvalue weighted by Gasteiger charge is 2.30. The van der Waals surface area contributed by atoms with Crippen LogP contribution in [0.1, 0.15) is 25.3 Å². The molecule has 1 N–H and O–H groups in total. The van der Waals surface area contributed by atoms with E-state index >= 15 is 0 Å². The zero-order valence-electron chi connectivity index (χ0n) is 16.2. The summed E-state index contributed by atoms with van der Waals surface area (Å²) in [7, 11) is 2.19. The smallest absolute Gasteiger partial charge is 0.321 e. The summed E-state index contributed by atoms with van der Waals surface area (Å²) >= 11 is 6.20. The van der Waals surface area contributed by atoms with Crippen LogP contribution in [-0.4, -0.2) is 73.1 Å². The number of carbonyl (C=O) groups is 1. The summed E-state index contributed by atoms with van der Waals surface area (Å²) in [4.78, 5) is 19.5. The summed E-state index contributed by atoms with van der Waals surface area (Å²) in [5.74, 6) is 0.671. The number of likely N-dealkylation sites (tertiary alicyclic amines) is 1. The molecule has 1 atom stereocenters. The Balaban J connectivity index is 1.50. The van der Waals surface area contributed by atoms with Crippen molar-refractivity contribution in [2.24, 2.45) is 5.92 Å². The van der Waals surface area contributed by atoms with E-state index in [1.807, 2.05) is 30.0 Å². The van der Waals surface area contributed by atoms with E-state index in [1.165, 1.54) is 0 Å². The van der Waals surface area contributed by atoms with Gasteiger partial charge < -0.3 is 15.1 Å². The van der Waals surface area contributed by atoms with Crippen molar-refractivity contribution in [2.45, 2.75) is 32.7 Å². The Labute approximate surface area is 162 Å². The SMILES string of the molecule is Cc1ccc(Cl)c(NC(=O)N2CCC([C@H](C)N3CCN(C)CC3)CC2)c1. The number of piperidine rings is 1. The molecule has 2 aliphatic heterocycles. The van der Waals surface area contributed by atoms with Gasteiger partial charge in [0.2, 0.25) is 0 Å². The first-order chi connectivity index (χ1) is 12.4. The molecule has 2 aliphatic rings. The molecule has 0 unspecified atom stereocenters. The highest BCUT2D eigenvalue weighted by molar-refractivity contribution is 6.33. The molecule has 1 aromatic carbocycles. The zero-order chi connectivity index (χ0) is 18.7. The van der Waals surface area contributed by atoms with Gasteiger partial charge in [0.1, 0.15) is 0 Å². The average Bonchev–Trinajstić information content (AvgIpc) is 2.65. The number of piperazine rings is 1. The molecule has 6 heteroatoms. The van der Waals surface area contributed by atoms with Crippen molar-refractivity contribution in [3.05, 3.63) is 28.8 Å². The fourth-order valence-electron chi connectivity index (χ4n) is 4.04. The Hall–Kier alpha value is -1.30. The standard InChI is InChI=1S/C20H31ClN4O/c1-15-4-5-18(21)19(14-15)22-20(26)25-8-6-17(7-9-25)16(2)24-12-10-23(3)11-13-24/h4-5,14,16-17H,6-13H2,1-3H3,(H,22,26)/t16-/m0/s1. The van der Waals surface area contributed by atoms with Gasteiger partial charge in [0, 0.05) is 45.3 Å². The Bertz CT molecular complexity index is 622. The number of halogens is 1. The number of urea groups is 1. The van der Waals surface area contributed by atoms with Crippen molar-refractivity contribution in [3.63, 3.8) is 0 Å². The molecular weight excluding hydrogens is 348 g/mol. The van der Waals surface area contributed by atoms with Crippen LogP contribution in [0, 0.1) is 12.8 Å². The van der Waals surface area contributed by atoms with Gasteiger partial charge in [-0.25, -0.2) is 4.79 Å². The molecular formula is C20H31ClN4O. The van der Waals surface area contributed by atoms with Gasteiger partial charge in [-0.3, -0.25) is 4.90 Å². The van der Waals surface area contributed by atoms with Gasteiger partial charge in [-0.15, -0.1) is 0 Å². The Kier molecular flexibility index (Phi) is 6.43. The third-order valence-electron chi connectivity index (χ3n) is 5.99. The average molecular weight is 379 g/mol. The molecule has 3 rings (SSSR count). The van der Waals surface area contributed by atoms with Crippen molar-refractivity contribution >= 4 is 23.3 Å². The lowest BCUT2D eigenvalue weighted by Crippen LogP contribution is -2.52. The lowest BCUT2D eigenvalue weighted by molar-refractivity contribution is 0.0676. The summed E-state index contributed by atoms with van der Waals surface area (Å²) < 4.78 is 0. The van der Waals surface area contributed by atoms with Gasteiger partial charge in [-0.05, 0) is 57.4 Å². The number of likely N-dealkylation sites (N-methyl/N-ethyl adjacent to an activating group) is 1. The Morgan fingerprint density at radius 2 is 1.81 bits per heavy atom. The fraction of sp³-hybridized carbons (Fsp3) is 0.650. The second kappa shape index (κ2) is 8.59. The van der Waals surface area contributed by atoms with Crippen LogP contribution in [0.15, 0.2) is 18.2 Å². The highest BCUT2D eigenvalue weighted by atomic mass is 35.5. The molecule has 0 aliphatic carbocycles. The first-order valence-corrected chi connectivity index (χ1v) is 10.1. The second-order valence-electron chi connectivity index (χ2n) is 7.82. The molecule has 0 spiro atoms. The maximum Gasteiger partial charge on any atom is 0.321 e. The van der Waals surface area contributed by atoms with Gasteiger partial charge in [-0.2, -0.15) is 0 Å². The topological polar surface area (TPSA) is 38.8 Å². The lowest BCUT2D eigenvalue weighted by atomic mass is 9.89. The summed E-state index contributed by atoms with van der Waals surface area (Å²) in [5.41, 5.74) is 1.79. The number of carbonyl (C=O) groups excluding carboxylic acids is 1. The third-order valence-corrected chi connectivity index (χ3v) is 6.32. The molecule has 1 aromatic rings. The quantitative estimate of drug-likeness (QED) is 0.874. The van der Waals surface area contributed by atoms with E-state index in [9.17, 15) is 4.79 Å². The minimum absolute atomic E-state index is 0.0387. The van der Waals surface area contributed by atoms with E-state index in [0.717, 1.165) is 57.7 Å². The first kappa shape index (κ1) is 19.5. The van der Waals surface area contributed by atoms with Crippen molar-refractivity contribution in [3.8, 4) is 0 Å². The van der Waals surface area contributed by atoms with Crippen LogP contribution in [0.4, 0.5) is 10.5 Å². The maximum atomic E-state index is 12.6. The van der Waals surface area contributed by atoms with Crippen LogP contribution in [0.25, 0.3) is 0 Å². The molecule has 0 bridgehead atoms. The van der Waals surface area contributed by atoms with E-state index in [1.54, 1.807) is 0 Å². The van der Waals surface area contributed by atoms with E-state index in [0.29, 0.717) is 22.7 Å². The molecule has 2 heterocycles. The number of anilines is 1. The van der Waals surface area contributed by atoms with Crippen molar-refractivity contribution < 1.29 is 4.79 Å². The summed E-state index contributed by atoms with van der Waals surface area (Å²) in [6.45, 7) is 10.6. The number of benzene rings is 1. The number of aryl methyl sites for hydroxylation is 1. The van der Waals surface area contributed by atoms with Crippen LogP contribution < -0.4 is 5.32 Å². The molecule has 144 valence electrons. The molecule has 0 aromatic heterocycles.